The first-order chi connectivity index (χ1) is 6.95. The van der Waals surface area contributed by atoms with Gasteiger partial charge in [0.1, 0.15) is 0 Å². The Balaban J connectivity index is 2.66. The number of aromatic amines is 1. The predicted octanol–water partition coefficient (Wildman–Crippen LogP) is 2.74. The van der Waals surface area contributed by atoms with E-state index >= 15 is 0 Å². The highest BCUT2D eigenvalue weighted by molar-refractivity contribution is 5.18. The van der Waals surface area contributed by atoms with Crippen molar-refractivity contribution in [2.45, 2.75) is 39.2 Å². The second-order valence-electron chi connectivity index (χ2n) is 3.29. The van der Waals surface area contributed by atoms with Crippen molar-refractivity contribution in [3.63, 3.8) is 0 Å². The zero-order valence-electron chi connectivity index (χ0n) is 8.56. The summed E-state index contributed by atoms with van der Waals surface area (Å²) in [4.78, 5) is 0. The van der Waals surface area contributed by atoms with Crippen LogP contribution >= 0.6 is 0 Å². The molecule has 1 unspecified atom stereocenters. The van der Waals surface area contributed by atoms with E-state index in [-0.39, 0.29) is 18.4 Å². The lowest BCUT2D eigenvalue weighted by molar-refractivity contribution is -0.139. The van der Waals surface area contributed by atoms with E-state index in [0.717, 1.165) is 12.6 Å². The summed E-state index contributed by atoms with van der Waals surface area (Å²) >= 11 is 0. The first-order valence-corrected chi connectivity index (χ1v) is 4.66. The third kappa shape index (κ3) is 3.23. The molecule has 0 aliphatic heterocycles. The average Bonchev–Trinajstić information content (AvgIpc) is 2.61. The Morgan fingerprint density at radius 2 is 2.20 bits per heavy atom. The van der Waals surface area contributed by atoms with Crippen molar-refractivity contribution in [3.05, 3.63) is 17.5 Å². The van der Waals surface area contributed by atoms with Gasteiger partial charge in [0.15, 0.2) is 0 Å². The number of nitrogens with one attached hydrogen (secondary N) is 1. The minimum atomic E-state index is -4.37. The van der Waals surface area contributed by atoms with Crippen molar-refractivity contribution >= 4 is 0 Å². The van der Waals surface area contributed by atoms with Crippen molar-refractivity contribution in [2.24, 2.45) is 0 Å². The molecule has 1 heterocycles. The number of hydrogen-bond donors (Lipinski definition) is 1. The molecule has 0 fully saturated rings. The van der Waals surface area contributed by atoms with Crippen LogP contribution in [0.5, 0.6) is 0 Å². The van der Waals surface area contributed by atoms with Crippen LogP contribution in [0.25, 0.3) is 0 Å². The van der Waals surface area contributed by atoms with Crippen LogP contribution in [0.1, 0.15) is 31.5 Å². The highest BCUT2D eigenvalue weighted by atomic mass is 19.4. The third-order valence-electron chi connectivity index (χ3n) is 2.11. The summed E-state index contributed by atoms with van der Waals surface area (Å²) in [7, 11) is 0. The molecule has 3 nitrogen and oxygen atoms in total. The van der Waals surface area contributed by atoms with Gasteiger partial charge in [0.05, 0.1) is 30.2 Å². The van der Waals surface area contributed by atoms with E-state index in [2.05, 4.69) is 10.2 Å². The second-order valence-corrected chi connectivity index (χ2v) is 3.29. The molecule has 0 aliphatic carbocycles. The van der Waals surface area contributed by atoms with Crippen LogP contribution in [-0.2, 0) is 17.5 Å². The summed E-state index contributed by atoms with van der Waals surface area (Å²) in [6.07, 6.45) is -2.90. The summed E-state index contributed by atoms with van der Waals surface area (Å²) in [5.41, 5.74) is -0.784. The smallest absolute Gasteiger partial charge is 0.372 e. The van der Waals surface area contributed by atoms with Gasteiger partial charge in [-0.05, 0) is 13.3 Å². The quantitative estimate of drug-likeness (QED) is 0.850. The minimum absolute atomic E-state index is 0.0252. The van der Waals surface area contributed by atoms with Gasteiger partial charge in [-0.25, -0.2) is 0 Å². The van der Waals surface area contributed by atoms with Crippen LogP contribution in [-0.4, -0.2) is 16.3 Å². The minimum Gasteiger partial charge on any atom is -0.372 e. The van der Waals surface area contributed by atoms with E-state index in [4.69, 9.17) is 4.74 Å². The number of hydrogen-bond acceptors (Lipinski definition) is 2. The van der Waals surface area contributed by atoms with Gasteiger partial charge >= 0.3 is 6.18 Å². The van der Waals surface area contributed by atoms with Crippen LogP contribution in [0.3, 0.4) is 0 Å². The maximum absolute atomic E-state index is 12.4. The molecule has 1 aromatic heterocycles. The lowest BCUT2D eigenvalue weighted by Crippen LogP contribution is -2.11. The number of alkyl halides is 3. The van der Waals surface area contributed by atoms with Crippen LogP contribution in [0.15, 0.2) is 6.20 Å². The predicted molar refractivity (Wildman–Crippen MR) is 48.1 cm³/mol. The molecule has 0 saturated heterocycles. The van der Waals surface area contributed by atoms with Crippen LogP contribution in [0.2, 0.25) is 0 Å². The fourth-order valence-electron chi connectivity index (χ4n) is 1.01. The maximum atomic E-state index is 12.4. The van der Waals surface area contributed by atoms with E-state index in [1.54, 1.807) is 0 Å². The molecule has 86 valence electrons. The molecular weight excluding hydrogens is 209 g/mol. The number of nitrogens with zero attached hydrogens (tertiary/aromatic N) is 1. The molecule has 0 amide bonds. The molecule has 0 aliphatic rings. The Kier molecular flexibility index (Phi) is 3.73. The molecule has 0 saturated carbocycles. The van der Waals surface area contributed by atoms with Gasteiger partial charge < -0.3 is 4.74 Å². The van der Waals surface area contributed by atoms with Gasteiger partial charge in [0.2, 0.25) is 0 Å². The van der Waals surface area contributed by atoms with Crippen LogP contribution in [0, 0.1) is 0 Å². The molecule has 1 N–H and O–H groups in total. The van der Waals surface area contributed by atoms with Crippen LogP contribution < -0.4 is 0 Å². The summed E-state index contributed by atoms with van der Waals surface area (Å²) in [6, 6.07) is 0. The topological polar surface area (TPSA) is 37.9 Å². The Morgan fingerprint density at radius 3 is 2.73 bits per heavy atom. The van der Waals surface area contributed by atoms with Gasteiger partial charge in [0, 0.05) is 0 Å². The zero-order valence-corrected chi connectivity index (χ0v) is 8.56. The van der Waals surface area contributed by atoms with Crippen molar-refractivity contribution in [3.8, 4) is 0 Å². The third-order valence-corrected chi connectivity index (χ3v) is 2.11. The molecule has 1 rings (SSSR count). The van der Waals surface area contributed by atoms with Gasteiger partial charge in [0.25, 0.3) is 0 Å². The van der Waals surface area contributed by atoms with Crippen LogP contribution in [0.4, 0.5) is 13.2 Å². The number of halogens is 3. The molecule has 1 atom stereocenters. The van der Waals surface area contributed by atoms with Gasteiger partial charge in [-0.2, -0.15) is 18.3 Å². The Morgan fingerprint density at radius 1 is 1.53 bits per heavy atom. The van der Waals surface area contributed by atoms with E-state index in [1.807, 2.05) is 13.8 Å². The highest BCUT2D eigenvalue weighted by Gasteiger charge is 2.34. The summed E-state index contributed by atoms with van der Waals surface area (Å²) in [6.45, 7) is 3.62. The summed E-state index contributed by atoms with van der Waals surface area (Å²) in [5.74, 6) is 0. The standard InChI is InChI=1S/C9H13F3N2O/c1-3-6(2)15-5-8-7(4-13-14-8)9(10,11)12/h4,6H,3,5H2,1-2H3,(H,13,14). The molecule has 15 heavy (non-hydrogen) atoms. The fourth-order valence-corrected chi connectivity index (χ4v) is 1.01. The largest absolute Gasteiger partial charge is 0.419 e. The lowest BCUT2D eigenvalue weighted by Gasteiger charge is -2.11. The fraction of sp³-hybridized carbons (Fsp3) is 0.667. The second kappa shape index (κ2) is 4.65. The SMILES string of the molecule is CCC(C)OCc1[nH]ncc1C(F)(F)F. The van der Waals surface area contributed by atoms with E-state index in [0.29, 0.717) is 0 Å². The van der Waals surface area contributed by atoms with Crippen molar-refractivity contribution < 1.29 is 17.9 Å². The Bertz CT molecular complexity index is 309. The van der Waals surface area contributed by atoms with E-state index in [9.17, 15) is 13.2 Å². The maximum Gasteiger partial charge on any atom is 0.419 e. The molecule has 0 bridgehead atoms. The molecule has 0 radical (unpaired) electrons. The zero-order chi connectivity index (χ0) is 11.5. The van der Waals surface area contributed by atoms with E-state index < -0.39 is 11.7 Å². The summed E-state index contributed by atoms with van der Waals surface area (Å²) in [5, 5.41) is 5.66. The lowest BCUT2D eigenvalue weighted by atomic mass is 10.2. The molecule has 0 spiro atoms. The molecule has 1 aromatic rings. The highest BCUT2D eigenvalue weighted by Crippen LogP contribution is 2.31. The van der Waals surface area contributed by atoms with Gasteiger partial charge in [-0.3, -0.25) is 5.10 Å². The Labute approximate surface area is 85.6 Å². The van der Waals surface area contributed by atoms with Crippen molar-refractivity contribution in [2.75, 3.05) is 0 Å². The molecule has 0 aromatic carbocycles. The van der Waals surface area contributed by atoms with Gasteiger partial charge in [-0.1, -0.05) is 6.92 Å². The normalized spacial score (nSPS) is 14.2. The first-order valence-electron chi connectivity index (χ1n) is 4.66. The van der Waals surface area contributed by atoms with E-state index in [1.165, 1.54) is 0 Å². The molecular formula is C9H13F3N2O. The number of rotatable bonds is 4. The monoisotopic (exact) mass is 222 g/mol. The summed E-state index contributed by atoms with van der Waals surface area (Å²) < 4.78 is 42.3. The molecule has 6 heteroatoms. The Hall–Kier alpha value is -1.04. The number of ether oxygens (including phenoxy) is 1. The number of aromatic nitrogens is 2. The number of H-pyrrole nitrogens is 1. The average molecular weight is 222 g/mol. The van der Waals surface area contributed by atoms with Gasteiger partial charge in [-0.15, -0.1) is 0 Å². The van der Waals surface area contributed by atoms with Crippen molar-refractivity contribution in [1.82, 2.24) is 10.2 Å². The van der Waals surface area contributed by atoms with Crippen molar-refractivity contribution in [1.29, 1.82) is 0 Å². The first kappa shape index (κ1) is 12.0.